The van der Waals surface area contributed by atoms with Crippen LogP contribution in [0.2, 0.25) is 0 Å². The number of hydrogen-bond donors (Lipinski definition) is 0. The van der Waals surface area contributed by atoms with Crippen LogP contribution < -0.4 is 0 Å². The minimum absolute atomic E-state index is 0.0664. The first-order valence-corrected chi connectivity index (χ1v) is 7.16. The Balaban J connectivity index is 2.48. The molecule has 0 N–H and O–H groups in total. The van der Waals surface area contributed by atoms with Crippen LogP contribution in [0.1, 0.15) is 31.7 Å². The van der Waals surface area contributed by atoms with Crippen LogP contribution in [0.5, 0.6) is 0 Å². The molecule has 0 radical (unpaired) electrons. The number of terminal acetylenes is 1. The summed E-state index contributed by atoms with van der Waals surface area (Å²) in [5.74, 6) is 1.50. The lowest BCUT2D eigenvalue weighted by atomic mass is 9.90. The zero-order valence-corrected chi connectivity index (χ0v) is 12.7. The van der Waals surface area contributed by atoms with Gasteiger partial charge in [0.2, 0.25) is 0 Å². The predicted octanol–water partition coefficient (Wildman–Crippen LogP) is 3.03. The van der Waals surface area contributed by atoms with Gasteiger partial charge in [0.05, 0.1) is 7.11 Å². The van der Waals surface area contributed by atoms with E-state index >= 15 is 0 Å². The molecule has 2 unspecified atom stereocenters. The second kappa shape index (κ2) is 8.97. The van der Waals surface area contributed by atoms with Crippen LogP contribution in [0.4, 0.5) is 0 Å². The van der Waals surface area contributed by atoms with E-state index in [0.29, 0.717) is 12.8 Å². The first-order valence-electron chi connectivity index (χ1n) is 7.16. The number of ether oxygens (including phenoxy) is 1. The van der Waals surface area contributed by atoms with Crippen LogP contribution in [0.3, 0.4) is 0 Å². The molecule has 0 aliphatic rings. The number of ketones is 1. The highest BCUT2D eigenvalue weighted by molar-refractivity contribution is 5.97. The molecule has 1 aromatic rings. The summed E-state index contributed by atoms with van der Waals surface area (Å²) in [7, 11) is 1.30. The number of Topliss-reactive ketones (excluding diaryl/α,β-unsaturated/α-hetero) is 1. The van der Waals surface area contributed by atoms with Crippen LogP contribution in [0.15, 0.2) is 30.3 Å². The molecule has 0 aromatic heterocycles. The van der Waals surface area contributed by atoms with E-state index in [4.69, 9.17) is 6.42 Å². The van der Waals surface area contributed by atoms with Crippen molar-refractivity contribution in [2.75, 3.05) is 7.11 Å². The Morgan fingerprint density at radius 1 is 1.19 bits per heavy atom. The fourth-order valence-corrected chi connectivity index (χ4v) is 2.29. The van der Waals surface area contributed by atoms with Gasteiger partial charge in [0.1, 0.15) is 11.7 Å². The fraction of sp³-hybridized carbons (Fsp3) is 0.444. The van der Waals surface area contributed by atoms with E-state index in [0.717, 1.165) is 12.8 Å². The molecule has 0 bridgehead atoms. The summed E-state index contributed by atoms with van der Waals surface area (Å²) < 4.78 is 4.66. The quantitative estimate of drug-likeness (QED) is 0.419. The van der Waals surface area contributed by atoms with E-state index in [-0.39, 0.29) is 11.7 Å². The van der Waals surface area contributed by atoms with Crippen LogP contribution in [0, 0.1) is 24.2 Å². The maximum Gasteiger partial charge on any atom is 0.316 e. The Morgan fingerprint density at radius 3 is 2.38 bits per heavy atom. The molecule has 0 saturated carbocycles. The van der Waals surface area contributed by atoms with Crippen molar-refractivity contribution < 1.29 is 14.3 Å². The van der Waals surface area contributed by atoms with Gasteiger partial charge in [-0.3, -0.25) is 9.59 Å². The lowest BCUT2D eigenvalue weighted by Gasteiger charge is -2.15. The van der Waals surface area contributed by atoms with Crippen LogP contribution in [-0.4, -0.2) is 18.9 Å². The van der Waals surface area contributed by atoms with E-state index in [1.54, 1.807) is 0 Å². The molecule has 0 fully saturated rings. The number of carbonyl (C=O) groups excluding carboxylic acids is 2. The summed E-state index contributed by atoms with van der Waals surface area (Å²) in [6, 6.07) is 10.1. The lowest BCUT2D eigenvalue weighted by Crippen LogP contribution is -2.24. The number of rotatable bonds is 8. The smallest absolute Gasteiger partial charge is 0.316 e. The van der Waals surface area contributed by atoms with Gasteiger partial charge >= 0.3 is 5.97 Å². The fourth-order valence-electron chi connectivity index (χ4n) is 2.29. The lowest BCUT2D eigenvalue weighted by molar-refractivity contribution is -0.149. The molecule has 1 rings (SSSR count). The monoisotopic (exact) mass is 286 g/mol. The van der Waals surface area contributed by atoms with Crippen LogP contribution in [-0.2, 0) is 20.7 Å². The van der Waals surface area contributed by atoms with Crippen molar-refractivity contribution in [3.63, 3.8) is 0 Å². The average molecular weight is 286 g/mol. The van der Waals surface area contributed by atoms with Crippen LogP contribution in [0.25, 0.3) is 0 Å². The molecule has 0 aliphatic heterocycles. The van der Waals surface area contributed by atoms with Gasteiger partial charge in [0.25, 0.3) is 0 Å². The molecular formula is C18H22O3. The van der Waals surface area contributed by atoms with Gasteiger partial charge in [-0.2, -0.15) is 0 Å². The summed E-state index contributed by atoms with van der Waals surface area (Å²) >= 11 is 0. The topological polar surface area (TPSA) is 43.4 Å². The molecule has 3 heteroatoms. The SMILES string of the molecule is C#CC(CCc1ccccc1)CCC(C(C)=O)C(=O)OC. The van der Waals surface area contributed by atoms with Gasteiger partial charge in [-0.05, 0) is 38.2 Å². The minimum Gasteiger partial charge on any atom is -0.468 e. The van der Waals surface area contributed by atoms with E-state index in [1.165, 1.54) is 19.6 Å². The van der Waals surface area contributed by atoms with Crippen molar-refractivity contribution in [2.24, 2.45) is 11.8 Å². The van der Waals surface area contributed by atoms with Gasteiger partial charge in [0.15, 0.2) is 0 Å². The van der Waals surface area contributed by atoms with Crippen molar-refractivity contribution in [1.29, 1.82) is 0 Å². The van der Waals surface area contributed by atoms with Gasteiger partial charge in [0, 0.05) is 5.92 Å². The number of hydrogen-bond acceptors (Lipinski definition) is 3. The third kappa shape index (κ3) is 5.83. The molecule has 112 valence electrons. The second-order valence-electron chi connectivity index (χ2n) is 5.15. The Bertz CT molecular complexity index is 499. The standard InChI is InChI=1S/C18H22O3/c1-4-15(10-11-16-8-6-5-7-9-16)12-13-17(14(2)19)18(20)21-3/h1,5-9,15,17H,10-13H2,2-3H3. The summed E-state index contributed by atoms with van der Waals surface area (Å²) in [6.07, 6.45) is 8.42. The minimum atomic E-state index is -0.692. The van der Waals surface area contributed by atoms with Crippen molar-refractivity contribution in [1.82, 2.24) is 0 Å². The number of methoxy groups -OCH3 is 1. The molecule has 0 spiro atoms. The molecule has 2 atom stereocenters. The van der Waals surface area contributed by atoms with Crippen LogP contribution >= 0.6 is 0 Å². The van der Waals surface area contributed by atoms with E-state index < -0.39 is 11.9 Å². The van der Waals surface area contributed by atoms with Gasteiger partial charge in [-0.25, -0.2) is 0 Å². The first-order chi connectivity index (χ1) is 10.1. The highest BCUT2D eigenvalue weighted by Gasteiger charge is 2.24. The number of esters is 1. The molecule has 0 saturated heterocycles. The van der Waals surface area contributed by atoms with Crippen molar-refractivity contribution >= 4 is 11.8 Å². The third-order valence-electron chi connectivity index (χ3n) is 3.64. The summed E-state index contributed by atoms with van der Waals surface area (Å²) in [4.78, 5) is 23.0. The van der Waals surface area contributed by atoms with E-state index in [9.17, 15) is 9.59 Å². The zero-order chi connectivity index (χ0) is 15.7. The molecule has 1 aromatic carbocycles. The molecular weight excluding hydrogens is 264 g/mol. The maximum absolute atomic E-state index is 11.5. The summed E-state index contributed by atoms with van der Waals surface area (Å²) in [6.45, 7) is 1.41. The molecule has 21 heavy (non-hydrogen) atoms. The molecule has 0 aliphatic carbocycles. The first kappa shape index (κ1) is 17.0. The summed E-state index contributed by atoms with van der Waals surface area (Å²) in [5, 5.41) is 0. The van der Waals surface area contributed by atoms with Crippen molar-refractivity contribution in [3.05, 3.63) is 35.9 Å². The van der Waals surface area contributed by atoms with E-state index in [1.807, 2.05) is 18.2 Å². The Hall–Kier alpha value is -2.08. The maximum atomic E-state index is 11.5. The average Bonchev–Trinajstić information content (AvgIpc) is 2.50. The third-order valence-corrected chi connectivity index (χ3v) is 3.64. The van der Waals surface area contributed by atoms with Gasteiger partial charge < -0.3 is 4.74 Å². The normalized spacial score (nSPS) is 13.0. The Morgan fingerprint density at radius 2 is 1.86 bits per heavy atom. The van der Waals surface area contributed by atoms with Crippen molar-refractivity contribution in [2.45, 2.75) is 32.6 Å². The Labute approximate surface area is 126 Å². The second-order valence-corrected chi connectivity index (χ2v) is 5.15. The Kier molecular flexibility index (Phi) is 7.25. The highest BCUT2D eigenvalue weighted by atomic mass is 16.5. The summed E-state index contributed by atoms with van der Waals surface area (Å²) in [5.41, 5.74) is 1.24. The largest absolute Gasteiger partial charge is 0.468 e. The predicted molar refractivity (Wildman–Crippen MR) is 82.5 cm³/mol. The molecule has 0 heterocycles. The molecule has 3 nitrogen and oxygen atoms in total. The number of benzene rings is 1. The van der Waals surface area contributed by atoms with E-state index in [2.05, 4.69) is 22.8 Å². The number of carbonyl (C=O) groups is 2. The zero-order valence-electron chi connectivity index (χ0n) is 12.7. The van der Waals surface area contributed by atoms with Gasteiger partial charge in [-0.1, -0.05) is 30.3 Å². The highest BCUT2D eigenvalue weighted by Crippen LogP contribution is 2.19. The number of aryl methyl sites for hydroxylation is 1. The van der Waals surface area contributed by atoms with Crippen molar-refractivity contribution in [3.8, 4) is 12.3 Å². The molecule has 0 amide bonds. The van der Waals surface area contributed by atoms with Gasteiger partial charge in [-0.15, -0.1) is 12.3 Å².